The molecule has 0 aromatic heterocycles. The van der Waals surface area contributed by atoms with E-state index in [4.69, 9.17) is 5.84 Å². The largest absolute Gasteiger partial charge is 0.257 e. The van der Waals surface area contributed by atoms with E-state index >= 15 is 0 Å². The Hall–Kier alpha value is -1.69. The van der Waals surface area contributed by atoms with Gasteiger partial charge in [0.25, 0.3) is 10.0 Å². The molecular weight excluding hydrogens is 248 g/mol. The lowest BCUT2D eigenvalue weighted by Gasteiger charge is -2.05. The molecule has 2 aromatic rings. The number of hydrogen-bond donors (Lipinski definition) is 2. The summed E-state index contributed by atoms with van der Waals surface area (Å²) in [5, 5.41) is 0. The number of nitrogens with two attached hydrogens (primary N) is 1. The zero-order chi connectivity index (χ0) is 13.2. The van der Waals surface area contributed by atoms with Gasteiger partial charge in [0.05, 0.1) is 4.90 Å². The summed E-state index contributed by atoms with van der Waals surface area (Å²) in [7, 11) is -3.58. The highest BCUT2D eigenvalue weighted by Crippen LogP contribution is 2.21. The third-order valence-electron chi connectivity index (χ3n) is 2.70. The van der Waals surface area contributed by atoms with Gasteiger partial charge in [0.15, 0.2) is 0 Å². The van der Waals surface area contributed by atoms with Crippen LogP contribution >= 0.6 is 0 Å². The molecule has 0 unspecified atom stereocenters. The highest BCUT2D eigenvalue weighted by molar-refractivity contribution is 7.89. The summed E-state index contributed by atoms with van der Waals surface area (Å²) in [4.78, 5) is 1.95. The van der Waals surface area contributed by atoms with E-state index in [-0.39, 0.29) is 4.90 Å². The molecule has 0 amide bonds. The average Bonchev–Trinajstić information content (AvgIpc) is 2.40. The summed E-state index contributed by atoms with van der Waals surface area (Å²) < 4.78 is 22.9. The number of hydrogen-bond acceptors (Lipinski definition) is 3. The van der Waals surface area contributed by atoms with Gasteiger partial charge < -0.3 is 0 Å². The van der Waals surface area contributed by atoms with Crippen molar-refractivity contribution in [3.63, 3.8) is 0 Å². The molecule has 0 atom stereocenters. The quantitative estimate of drug-likeness (QED) is 0.654. The van der Waals surface area contributed by atoms with Crippen molar-refractivity contribution in [2.45, 2.75) is 11.8 Å². The molecule has 0 bridgehead atoms. The Morgan fingerprint density at radius 1 is 0.889 bits per heavy atom. The standard InChI is InChI=1S/C13H14N2O2S/c1-10-2-4-11(5-3-10)12-6-8-13(9-7-12)18(16,17)15-14/h2-9,15H,14H2,1H3. The smallest absolute Gasteiger partial charge is 0.253 e. The predicted molar refractivity (Wildman–Crippen MR) is 71.1 cm³/mol. The van der Waals surface area contributed by atoms with Crippen LogP contribution in [-0.4, -0.2) is 8.42 Å². The van der Waals surface area contributed by atoms with Crippen LogP contribution in [0.4, 0.5) is 0 Å². The fraction of sp³-hybridized carbons (Fsp3) is 0.0769. The second-order valence-corrected chi connectivity index (χ2v) is 5.73. The molecule has 2 aromatic carbocycles. The van der Waals surface area contributed by atoms with Gasteiger partial charge in [0.2, 0.25) is 0 Å². The van der Waals surface area contributed by atoms with Crippen molar-refractivity contribution in [1.29, 1.82) is 0 Å². The molecule has 94 valence electrons. The second kappa shape index (κ2) is 4.89. The Bertz CT molecular complexity index is 632. The van der Waals surface area contributed by atoms with Gasteiger partial charge in [-0.1, -0.05) is 42.0 Å². The molecule has 0 fully saturated rings. The topological polar surface area (TPSA) is 72.2 Å². The van der Waals surface area contributed by atoms with Crippen molar-refractivity contribution >= 4 is 10.0 Å². The molecule has 0 radical (unpaired) electrons. The molecule has 0 saturated heterocycles. The van der Waals surface area contributed by atoms with Crippen LogP contribution in [0.15, 0.2) is 53.4 Å². The maximum absolute atomic E-state index is 11.5. The molecule has 0 heterocycles. The molecule has 0 aliphatic carbocycles. The highest BCUT2D eigenvalue weighted by Gasteiger charge is 2.10. The first-order chi connectivity index (χ1) is 8.53. The van der Waals surface area contributed by atoms with Crippen LogP contribution in [0, 0.1) is 6.92 Å². The summed E-state index contributed by atoms with van der Waals surface area (Å²) >= 11 is 0. The van der Waals surface area contributed by atoms with Crippen molar-refractivity contribution in [1.82, 2.24) is 4.83 Å². The van der Waals surface area contributed by atoms with Gasteiger partial charge in [0, 0.05) is 0 Å². The average molecular weight is 262 g/mol. The maximum atomic E-state index is 11.5. The van der Waals surface area contributed by atoms with E-state index in [0.717, 1.165) is 11.1 Å². The Morgan fingerprint density at radius 3 is 1.78 bits per heavy atom. The summed E-state index contributed by atoms with van der Waals surface area (Å²) in [5.74, 6) is 4.97. The molecule has 18 heavy (non-hydrogen) atoms. The fourth-order valence-corrected chi connectivity index (χ4v) is 2.27. The van der Waals surface area contributed by atoms with E-state index in [1.54, 1.807) is 17.0 Å². The summed E-state index contributed by atoms with van der Waals surface area (Å²) in [6.45, 7) is 2.02. The number of hydrazine groups is 1. The Balaban J connectivity index is 2.36. The third kappa shape index (κ3) is 2.59. The van der Waals surface area contributed by atoms with Gasteiger partial charge in [-0.25, -0.2) is 8.42 Å². The Labute approximate surface area is 106 Å². The molecule has 3 N–H and O–H groups in total. The predicted octanol–water partition coefficient (Wildman–Crippen LogP) is 1.81. The summed E-state index contributed by atoms with van der Waals surface area (Å²) in [6.07, 6.45) is 0. The first kappa shape index (κ1) is 12.8. The normalized spacial score (nSPS) is 11.4. The maximum Gasteiger partial charge on any atom is 0.253 e. The minimum Gasteiger partial charge on any atom is -0.257 e. The summed E-state index contributed by atoms with van der Waals surface area (Å²) in [6, 6.07) is 14.6. The molecule has 0 aliphatic heterocycles. The number of sulfonamides is 1. The lowest BCUT2D eigenvalue weighted by Crippen LogP contribution is -2.30. The van der Waals surface area contributed by atoms with Crippen molar-refractivity contribution in [2.75, 3.05) is 0 Å². The van der Waals surface area contributed by atoms with E-state index in [9.17, 15) is 8.42 Å². The Morgan fingerprint density at radius 2 is 1.33 bits per heavy atom. The van der Waals surface area contributed by atoms with Gasteiger partial charge in [-0.05, 0) is 30.2 Å². The van der Waals surface area contributed by atoms with Crippen LogP contribution in [0.5, 0.6) is 0 Å². The van der Waals surface area contributed by atoms with Crippen molar-refractivity contribution < 1.29 is 8.42 Å². The third-order valence-corrected chi connectivity index (χ3v) is 3.91. The van der Waals surface area contributed by atoms with Crippen LogP contribution in [0.2, 0.25) is 0 Å². The number of rotatable bonds is 3. The van der Waals surface area contributed by atoms with Gasteiger partial charge >= 0.3 is 0 Å². The molecule has 4 nitrogen and oxygen atoms in total. The van der Waals surface area contributed by atoms with E-state index < -0.39 is 10.0 Å². The van der Waals surface area contributed by atoms with Crippen molar-refractivity contribution in [2.24, 2.45) is 5.84 Å². The number of benzene rings is 2. The lowest BCUT2D eigenvalue weighted by atomic mass is 10.0. The van der Waals surface area contributed by atoms with E-state index in [1.807, 2.05) is 31.2 Å². The van der Waals surface area contributed by atoms with Crippen LogP contribution in [-0.2, 0) is 10.0 Å². The first-order valence-electron chi connectivity index (χ1n) is 5.42. The number of nitrogens with one attached hydrogen (secondary N) is 1. The fourth-order valence-electron chi connectivity index (χ4n) is 1.64. The SMILES string of the molecule is Cc1ccc(-c2ccc(S(=O)(=O)NN)cc2)cc1. The molecular formula is C13H14N2O2S. The second-order valence-electron chi connectivity index (χ2n) is 4.01. The van der Waals surface area contributed by atoms with Crippen LogP contribution in [0.3, 0.4) is 0 Å². The lowest BCUT2D eigenvalue weighted by molar-refractivity contribution is 0.584. The monoisotopic (exact) mass is 262 g/mol. The van der Waals surface area contributed by atoms with E-state index in [2.05, 4.69) is 0 Å². The first-order valence-corrected chi connectivity index (χ1v) is 6.91. The highest BCUT2D eigenvalue weighted by atomic mass is 32.2. The molecule has 0 aliphatic rings. The van der Waals surface area contributed by atoms with E-state index in [1.165, 1.54) is 17.7 Å². The van der Waals surface area contributed by atoms with Crippen molar-refractivity contribution in [3.05, 3.63) is 54.1 Å². The van der Waals surface area contributed by atoms with Crippen molar-refractivity contribution in [3.8, 4) is 11.1 Å². The number of aryl methyl sites for hydroxylation is 1. The zero-order valence-electron chi connectivity index (χ0n) is 9.92. The van der Waals surface area contributed by atoms with Gasteiger partial charge in [0.1, 0.15) is 0 Å². The zero-order valence-corrected chi connectivity index (χ0v) is 10.7. The van der Waals surface area contributed by atoms with Crippen LogP contribution in [0.25, 0.3) is 11.1 Å². The summed E-state index contributed by atoms with van der Waals surface area (Å²) in [5.41, 5.74) is 3.20. The van der Waals surface area contributed by atoms with E-state index in [0.29, 0.717) is 0 Å². The van der Waals surface area contributed by atoms with Gasteiger partial charge in [-0.2, -0.15) is 4.83 Å². The molecule has 2 rings (SSSR count). The minimum absolute atomic E-state index is 0.154. The minimum atomic E-state index is -3.58. The van der Waals surface area contributed by atoms with Gasteiger partial charge in [-0.15, -0.1) is 0 Å². The van der Waals surface area contributed by atoms with Crippen LogP contribution < -0.4 is 10.7 Å². The van der Waals surface area contributed by atoms with Gasteiger partial charge in [-0.3, -0.25) is 5.84 Å². The Kier molecular flexibility index (Phi) is 3.47. The van der Waals surface area contributed by atoms with Crippen LogP contribution in [0.1, 0.15) is 5.56 Å². The molecule has 0 saturated carbocycles. The molecule has 5 heteroatoms. The molecule has 0 spiro atoms.